The number of fused-ring (bicyclic) bond motifs is 1. The Morgan fingerprint density at radius 3 is 2.40 bits per heavy atom. The molecular weight excluding hydrogens is 266 g/mol. The molecule has 0 aliphatic heterocycles. The highest BCUT2D eigenvalue weighted by Gasteiger charge is 2.03. The molecule has 0 saturated carbocycles. The van der Waals surface area contributed by atoms with Crippen LogP contribution in [-0.2, 0) is 0 Å². The Balaban J connectivity index is 1.85. The molecule has 20 heavy (non-hydrogen) atoms. The number of hydrogen-bond acceptors (Lipinski definition) is 3. The van der Waals surface area contributed by atoms with Crippen LogP contribution in [-0.4, -0.2) is 10.1 Å². The van der Waals surface area contributed by atoms with Crippen molar-refractivity contribution in [2.75, 3.05) is 0 Å². The second kappa shape index (κ2) is 5.65. The molecule has 0 aliphatic carbocycles. The van der Waals surface area contributed by atoms with Gasteiger partial charge in [0.1, 0.15) is 0 Å². The van der Waals surface area contributed by atoms with E-state index in [1.54, 1.807) is 18.7 Å². The van der Waals surface area contributed by atoms with Crippen LogP contribution in [0.1, 0.15) is 18.7 Å². The van der Waals surface area contributed by atoms with E-state index < -0.39 is 6.10 Å². The van der Waals surface area contributed by atoms with E-state index in [4.69, 9.17) is 0 Å². The fourth-order valence-corrected chi connectivity index (χ4v) is 2.90. The number of aliphatic hydroxyl groups excluding tert-OH is 1. The molecule has 1 heterocycles. The van der Waals surface area contributed by atoms with Crippen LogP contribution >= 0.6 is 11.8 Å². The normalized spacial score (nSPS) is 12.5. The molecule has 1 aromatic heterocycles. The first-order valence-corrected chi connectivity index (χ1v) is 7.35. The molecule has 1 atom stereocenters. The lowest BCUT2D eigenvalue weighted by atomic mass is 10.1. The first-order chi connectivity index (χ1) is 9.72. The van der Waals surface area contributed by atoms with Crippen molar-refractivity contribution in [3.8, 4) is 0 Å². The Labute approximate surface area is 122 Å². The van der Waals surface area contributed by atoms with Gasteiger partial charge in [-0.3, -0.25) is 4.98 Å². The van der Waals surface area contributed by atoms with Crippen LogP contribution in [0.3, 0.4) is 0 Å². The Bertz CT molecular complexity index is 722. The molecule has 3 aromatic rings. The first kappa shape index (κ1) is 13.2. The standard InChI is InChI=1S/C17H15NOS/c1-12(19)17-9-8-16(11-18-17)20-15-7-6-13-4-2-3-5-14(13)10-15/h2-12,19H,1H3. The molecule has 3 rings (SSSR count). The number of rotatable bonds is 3. The van der Waals surface area contributed by atoms with Crippen molar-refractivity contribution < 1.29 is 5.11 Å². The van der Waals surface area contributed by atoms with Gasteiger partial charge in [0, 0.05) is 16.0 Å². The Kier molecular flexibility index (Phi) is 3.72. The molecule has 2 nitrogen and oxygen atoms in total. The molecule has 0 fully saturated rings. The molecule has 1 unspecified atom stereocenters. The maximum absolute atomic E-state index is 9.45. The lowest BCUT2D eigenvalue weighted by Gasteiger charge is -2.06. The minimum Gasteiger partial charge on any atom is -0.387 e. The van der Waals surface area contributed by atoms with E-state index in [0.29, 0.717) is 5.69 Å². The summed E-state index contributed by atoms with van der Waals surface area (Å²) in [6, 6.07) is 18.6. The molecular formula is C17H15NOS. The molecule has 0 bridgehead atoms. The summed E-state index contributed by atoms with van der Waals surface area (Å²) < 4.78 is 0. The summed E-state index contributed by atoms with van der Waals surface area (Å²) >= 11 is 1.68. The summed E-state index contributed by atoms with van der Waals surface area (Å²) in [4.78, 5) is 6.53. The fraction of sp³-hybridized carbons (Fsp3) is 0.118. The average molecular weight is 281 g/mol. The van der Waals surface area contributed by atoms with Gasteiger partial charge in [0.05, 0.1) is 11.8 Å². The van der Waals surface area contributed by atoms with E-state index >= 15 is 0 Å². The summed E-state index contributed by atoms with van der Waals surface area (Å²) in [5, 5.41) is 11.9. The lowest BCUT2D eigenvalue weighted by Crippen LogP contribution is -1.94. The summed E-state index contributed by atoms with van der Waals surface area (Å²) in [6.07, 6.45) is 1.29. The van der Waals surface area contributed by atoms with Crippen molar-refractivity contribution in [3.05, 3.63) is 66.5 Å². The van der Waals surface area contributed by atoms with Crippen LogP contribution in [0.25, 0.3) is 10.8 Å². The molecule has 0 spiro atoms. The maximum Gasteiger partial charge on any atom is 0.0931 e. The van der Waals surface area contributed by atoms with Crippen molar-refractivity contribution in [2.45, 2.75) is 22.8 Å². The highest BCUT2D eigenvalue weighted by molar-refractivity contribution is 7.99. The molecule has 0 amide bonds. The molecule has 3 heteroatoms. The SMILES string of the molecule is CC(O)c1ccc(Sc2ccc3ccccc3c2)cn1. The molecule has 2 aromatic carbocycles. The summed E-state index contributed by atoms with van der Waals surface area (Å²) in [7, 11) is 0. The maximum atomic E-state index is 9.45. The zero-order valence-corrected chi connectivity index (χ0v) is 12.0. The third-order valence-electron chi connectivity index (χ3n) is 3.14. The van der Waals surface area contributed by atoms with Crippen LogP contribution in [0.2, 0.25) is 0 Å². The van der Waals surface area contributed by atoms with Gasteiger partial charge in [-0.05, 0) is 42.0 Å². The van der Waals surface area contributed by atoms with Crippen molar-refractivity contribution in [1.29, 1.82) is 0 Å². The summed E-state index contributed by atoms with van der Waals surface area (Å²) in [5.74, 6) is 0. The summed E-state index contributed by atoms with van der Waals surface area (Å²) in [6.45, 7) is 1.72. The molecule has 0 saturated heterocycles. The van der Waals surface area contributed by atoms with E-state index in [2.05, 4.69) is 41.4 Å². The number of nitrogens with zero attached hydrogens (tertiary/aromatic N) is 1. The smallest absolute Gasteiger partial charge is 0.0931 e. The second-order valence-electron chi connectivity index (χ2n) is 4.71. The number of aliphatic hydroxyl groups is 1. The van der Waals surface area contributed by atoms with Gasteiger partial charge in [0.15, 0.2) is 0 Å². The van der Waals surface area contributed by atoms with Crippen LogP contribution in [0.5, 0.6) is 0 Å². The van der Waals surface area contributed by atoms with Gasteiger partial charge in [0.2, 0.25) is 0 Å². The number of pyridine rings is 1. The van der Waals surface area contributed by atoms with Gasteiger partial charge in [-0.25, -0.2) is 0 Å². The van der Waals surface area contributed by atoms with Crippen molar-refractivity contribution in [1.82, 2.24) is 4.98 Å². The van der Waals surface area contributed by atoms with Gasteiger partial charge in [-0.2, -0.15) is 0 Å². The average Bonchev–Trinajstić information content (AvgIpc) is 2.48. The van der Waals surface area contributed by atoms with Crippen molar-refractivity contribution >= 4 is 22.5 Å². The second-order valence-corrected chi connectivity index (χ2v) is 5.85. The molecule has 0 aliphatic rings. The fourth-order valence-electron chi connectivity index (χ4n) is 2.07. The van der Waals surface area contributed by atoms with E-state index in [1.807, 2.05) is 24.4 Å². The van der Waals surface area contributed by atoms with Crippen molar-refractivity contribution in [3.63, 3.8) is 0 Å². The Hall–Kier alpha value is -1.84. The number of aromatic nitrogens is 1. The predicted octanol–water partition coefficient (Wildman–Crippen LogP) is 4.44. The van der Waals surface area contributed by atoms with E-state index in [-0.39, 0.29) is 0 Å². The zero-order valence-electron chi connectivity index (χ0n) is 11.2. The van der Waals surface area contributed by atoms with E-state index in [9.17, 15) is 5.11 Å². The molecule has 1 N–H and O–H groups in total. The van der Waals surface area contributed by atoms with Crippen molar-refractivity contribution in [2.24, 2.45) is 0 Å². The lowest BCUT2D eigenvalue weighted by molar-refractivity contribution is 0.194. The van der Waals surface area contributed by atoms with Gasteiger partial charge in [-0.15, -0.1) is 0 Å². The predicted molar refractivity (Wildman–Crippen MR) is 82.9 cm³/mol. The van der Waals surface area contributed by atoms with Gasteiger partial charge < -0.3 is 5.11 Å². The number of benzene rings is 2. The topological polar surface area (TPSA) is 33.1 Å². The van der Waals surface area contributed by atoms with Crippen LogP contribution in [0.4, 0.5) is 0 Å². The molecule has 100 valence electrons. The van der Waals surface area contributed by atoms with Gasteiger partial charge in [-0.1, -0.05) is 42.1 Å². The van der Waals surface area contributed by atoms with E-state index in [0.717, 1.165) is 4.90 Å². The largest absolute Gasteiger partial charge is 0.387 e. The minimum atomic E-state index is -0.519. The Morgan fingerprint density at radius 2 is 1.70 bits per heavy atom. The zero-order chi connectivity index (χ0) is 13.9. The monoisotopic (exact) mass is 281 g/mol. The summed E-state index contributed by atoms with van der Waals surface area (Å²) in [5.41, 5.74) is 0.702. The Morgan fingerprint density at radius 1 is 0.950 bits per heavy atom. The third kappa shape index (κ3) is 2.84. The van der Waals surface area contributed by atoms with Crippen LogP contribution in [0, 0.1) is 0 Å². The van der Waals surface area contributed by atoms with Crippen LogP contribution < -0.4 is 0 Å². The van der Waals surface area contributed by atoms with Gasteiger partial charge in [0.25, 0.3) is 0 Å². The molecule has 0 radical (unpaired) electrons. The third-order valence-corrected chi connectivity index (χ3v) is 4.11. The highest BCUT2D eigenvalue weighted by atomic mass is 32.2. The van der Waals surface area contributed by atoms with Crippen LogP contribution in [0.15, 0.2) is 70.6 Å². The quantitative estimate of drug-likeness (QED) is 0.770. The van der Waals surface area contributed by atoms with Gasteiger partial charge >= 0.3 is 0 Å². The number of hydrogen-bond donors (Lipinski definition) is 1. The van der Waals surface area contributed by atoms with E-state index in [1.165, 1.54) is 15.7 Å². The highest BCUT2D eigenvalue weighted by Crippen LogP contribution is 2.30. The minimum absolute atomic E-state index is 0.519. The first-order valence-electron chi connectivity index (χ1n) is 6.53.